The monoisotopic (exact) mass is 257 g/mol. The van der Waals surface area contributed by atoms with E-state index < -0.39 is 0 Å². The molecule has 0 amide bonds. The number of rotatable bonds is 4. The van der Waals surface area contributed by atoms with Crippen molar-refractivity contribution in [1.29, 1.82) is 0 Å². The summed E-state index contributed by atoms with van der Waals surface area (Å²) in [7, 11) is 0. The molecule has 0 aromatic rings. The van der Waals surface area contributed by atoms with E-state index in [2.05, 4.69) is 29.1 Å². The van der Waals surface area contributed by atoms with E-state index in [-0.39, 0.29) is 0 Å². The van der Waals surface area contributed by atoms with E-state index in [0.29, 0.717) is 12.1 Å². The normalized spacial score (nSPS) is 27.9. The molecule has 2 rings (SSSR count). The SMILES string of the molecule is CCC1CSC(NC(C)CN2CCOCC2)=N1. The van der Waals surface area contributed by atoms with Crippen LogP contribution in [-0.2, 0) is 4.74 Å². The molecular formula is C12H23N3OS. The molecule has 2 unspecified atom stereocenters. The van der Waals surface area contributed by atoms with Gasteiger partial charge in [0.1, 0.15) is 0 Å². The summed E-state index contributed by atoms with van der Waals surface area (Å²) < 4.78 is 5.35. The van der Waals surface area contributed by atoms with Crippen molar-refractivity contribution >= 4 is 16.9 Å². The first kappa shape index (κ1) is 13.2. The second kappa shape index (κ2) is 6.61. The van der Waals surface area contributed by atoms with Crippen LogP contribution in [0.25, 0.3) is 0 Å². The summed E-state index contributed by atoms with van der Waals surface area (Å²) in [6.07, 6.45) is 1.15. The van der Waals surface area contributed by atoms with E-state index in [9.17, 15) is 0 Å². The maximum Gasteiger partial charge on any atom is 0.157 e. The summed E-state index contributed by atoms with van der Waals surface area (Å²) in [4.78, 5) is 7.12. The predicted molar refractivity (Wildman–Crippen MR) is 73.8 cm³/mol. The number of amidine groups is 1. The van der Waals surface area contributed by atoms with E-state index in [4.69, 9.17) is 4.74 Å². The highest BCUT2D eigenvalue weighted by molar-refractivity contribution is 8.14. The summed E-state index contributed by atoms with van der Waals surface area (Å²) in [6.45, 7) is 9.39. The van der Waals surface area contributed by atoms with Crippen LogP contribution in [-0.4, -0.2) is 60.8 Å². The Morgan fingerprint density at radius 2 is 2.29 bits per heavy atom. The van der Waals surface area contributed by atoms with Crippen molar-refractivity contribution in [2.24, 2.45) is 4.99 Å². The third-order valence-electron chi connectivity index (χ3n) is 3.19. The Kier molecular flexibility index (Phi) is 5.13. The van der Waals surface area contributed by atoms with E-state index in [1.165, 1.54) is 0 Å². The highest BCUT2D eigenvalue weighted by atomic mass is 32.2. The minimum absolute atomic E-state index is 0.468. The van der Waals surface area contributed by atoms with Gasteiger partial charge in [-0.05, 0) is 13.3 Å². The Balaban J connectivity index is 1.71. The van der Waals surface area contributed by atoms with Crippen LogP contribution >= 0.6 is 11.8 Å². The maximum absolute atomic E-state index is 5.35. The molecule has 0 aromatic carbocycles. The molecule has 0 aromatic heterocycles. The minimum atomic E-state index is 0.468. The summed E-state index contributed by atoms with van der Waals surface area (Å²) in [5.74, 6) is 1.14. The quantitative estimate of drug-likeness (QED) is 0.820. The fraction of sp³-hybridized carbons (Fsp3) is 0.917. The Morgan fingerprint density at radius 1 is 1.53 bits per heavy atom. The van der Waals surface area contributed by atoms with Gasteiger partial charge in [0.05, 0.1) is 19.3 Å². The standard InChI is InChI=1S/C12H23N3OS/c1-3-11-9-17-12(14-11)13-10(2)8-15-4-6-16-7-5-15/h10-11H,3-9H2,1-2H3,(H,13,14). The van der Waals surface area contributed by atoms with Crippen LogP contribution in [0.1, 0.15) is 20.3 Å². The van der Waals surface area contributed by atoms with Gasteiger partial charge in [-0.3, -0.25) is 9.89 Å². The number of ether oxygens (including phenoxy) is 1. The number of nitrogens with zero attached hydrogens (tertiary/aromatic N) is 2. The molecule has 5 heteroatoms. The van der Waals surface area contributed by atoms with Gasteiger partial charge in [0.25, 0.3) is 0 Å². The molecule has 2 heterocycles. The Hall–Kier alpha value is -0.260. The van der Waals surface area contributed by atoms with Gasteiger partial charge in [-0.1, -0.05) is 18.7 Å². The van der Waals surface area contributed by atoms with Crippen molar-refractivity contribution in [1.82, 2.24) is 10.2 Å². The summed E-state index contributed by atoms with van der Waals surface area (Å²) in [6, 6.07) is 0.994. The Morgan fingerprint density at radius 3 is 2.94 bits per heavy atom. The second-order valence-electron chi connectivity index (χ2n) is 4.77. The van der Waals surface area contributed by atoms with Crippen LogP contribution in [0.4, 0.5) is 0 Å². The first-order valence-corrected chi connectivity index (χ1v) is 7.53. The first-order valence-electron chi connectivity index (χ1n) is 6.55. The molecule has 2 aliphatic rings. The molecule has 0 radical (unpaired) electrons. The summed E-state index contributed by atoms with van der Waals surface area (Å²) in [5, 5.41) is 4.66. The minimum Gasteiger partial charge on any atom is -0.379 e. The molecule has 2 aliphatic heterocycles. The molecular weight excluding hydrogens is 234 g/mol. The number of hydrogen-bond acceptors (Lipinski definition) is 5. The highest BCUT2D eigenvalue weighted by Crippen LogP contribution is 2.18. The average molecular weight is 257 g/mol. The van der Waals surface area contributed by atoms with E-state index in [0.717, 1.165) is 50.2 Å². The molecule has 98 valence electrons. The fourth-order valence-corrected chi connectivity index (χ4v) is 3.30. The van der Waals surface area contributed by atoms with Crippen LogP contribution in [0, 0.1) is 0 Å². The van der Waals surface area contributed by atoms with Crippen LogP contribution in [0.5, 0.6) is 0 Å². The van der Waals surface area contributed by atoms with Gasteiger partial charge in [-0.15, -0.1) is 0 Å². The van der Waals surface area contributed by atoms with Crippen LogP contribution in [0.3, 0.4) is 0 Å². The molecule has 4 nitrogen and oxygen atoms in total. The number of nitrogens with one attached hydrogen (secondary N) is 1. The van der Waals surface area contributed by atoms with Crippen molar-refractivity contribution in [3.05, 3.63) is 0 Å². The molecule has 17 heavy (non-hydrogen) atoms. The van der Waals surface area contributed by atoms with Crippen LogP contribution in [0.2, 0.25) is 0 Å². The molecule has 0 aliphatic carbocycles. The van der Waals surface area contributed by atoms with E-state index in [1.807, 2.05) is 11.8 Å². The van der Waals surface area contributed by atoms with Gasteiger partial charge in [0, 0.05) is 31.4 Å². The lowest BCUT2D eigenvalue weighted by Gasteiger charge is -2.29. The fourth-order valence-electron chi connectivity index (χ4n) is 2.13. The van der Waals surface area contributed by atoms with Gasteiger partial charge in [0.2, 0.25) is 0 Å². The molecule has 2 atom stereocenters. The zero-order chi connectivity index (χ0) is 12.1. The maximum atomic E-state index is 5.35. The lowest BCUT2D eigenvalue weighted by atomic mass is 10.3. The molecule has 0 bridgehead atoms. The lowest BCUT2D eigenvalue weighted by molar-refractivity contribution is 0.0353. The predicted octanol–water partition coefficient (Wildman–Crippen LogP) is 1.18. The van der Waals surface area contributed by atoms with Crippen LogP contribution in [0.15, 0.2) is 4.99 Å². The lowest BCUT2D eigenvalue weighted by Crippen LogP contribution is -2.45. The van der Waals surface area contributed by atoms with Crippen molar-refractivity contribution < 1.29 is 4.74 Å². The number of aliphatic imine (C=N–C) groups is 1. The summed E-state index contributed by atoms with van der Waals surface area (Å²) >= 11 is 1.86. The van der Waals surface area contributed by atoms with Gasteiger partial charge in [0.15, 0.2) is 5.17 Å². The zero-order valence-electron chi connectivity index (χ0n) is 10.8. The average Bonchev–Trinajstić information content (AvgIpc) is 2.78. The second-order valence-corrected chi connectivity index (χ2v) is 5.77. The third-order valence-corrected chi connectivity index (χ3v) is 4.24. The number of morpholine rings is 1. The van der Waals surface area contributed by atoms with Crippen molar-refractivity contribution in [3.8, 4) is 0 Å². The van der Waals surface area contributed by atoms with Crippen LogP contribution < -0.4 is 5.32 Å². The van der Waals surface area contributed by atoms with Crippen molar-refractivity contribution in [2.45, 2.75) is 32.4 Å². The van der Waals surface area contributed by atoms with Gasteiger partial charge in [-0.2, -0.15) is 0 Å². The van der Waals surface area contributed by atoms with E-state index in [1.54, 1.807) is 0 Å². The highest BCUT2D eigenvalue weighted by Gasteiger charge is 2.19. The largest absolute Gasteiger partial charge is 0.379 e. The van der Waals surface area contributed by atoms with Gasteiger partial charge in [-0.25, -0.2) is 0 Å². The van der Waals surface area contributed by atoms with E-state index >= 15 is 0 Å². The zero-order valence-corrected chi connectivity index (χ0v) is 11.6. The Labute approximate surface area is 108 Å². The topological polar surface area (TPSA) is 36.9 Å². The number of thioether (sulfide) groups is 1. The van der Waals surface area contributed by atoms with Gasteiger partial charge < -0.3 is 10.1 Å². The molecule has 1 N–H and O–H groups in total. The van der Waals surface area contributed by atoms with Crippen molar-refractivity contribution in [3.63, 3.8) is 0 Å². The van der Waals surface area contributed by atoms with Gasteiger partial charge >= 0.3 is 0 Å². The third kappa shape index (κ3) is 4.16. The first-order chi connectivity index (χ1) is 8.28. The molecule has 1 saturated heterocycles. The molecule has 0 spiro atoms. The smallest absolute Gasteiger partial charge is 0.157 e. The number of hydrogen-bond donors (Lipinski definition) is 1. The van der Waals surface area contributed by atoms with Crippen molar-refractivity contribution in [2.75, 3.05) is 38.6 Å². The Bertz CT molecular complexity index is 266. The summed E-state index contributed by atoms with van der Waals surface area (Å²) in [5.41, 5.74) is 0. The molecule has 0 saturated carbocycles. The molecule has 1 fully saturated rings.